The lowest BCUT2D eigenvalue weighted by Gasteiger charge is -2.39. The van der Waals surface area contributed by atoms with Crippen LogP contribution in [-0.4, -0.2) is 43.0 Å². The highest BCUT2D eigenvalue weighted by atomic mass is 19.1. The molecule has 0 aromatic heterocycles. The van der Waals surface area contributed by atoms with Crippen molar-refractivity contribution in [3.8, 4) is 0 Å². The Morgan fingerprint density at radius 3 is 2.65 bits per heavy atom. The number of likely N-dealkylation sites (tertiary alicyclic amines) is 1. The van der Waals surface area contributed by atoms with Crippen molar-refractivity contribution in [2.75, 3.05) is 26.3 Å². The number of carbonyl (C=O) groups is 2. The van der Waals surface area contributed by atoms with Crippen molar-refractivity contribution in [1.82, 2.24) is 4.90 Å². The molecule has 2 saturated heterocycles. The number of halogens is 1. The maximum atomic E-state index is 13.7. The van der Waals surface area contributed by atoms with Gasteiger partial charge in [0.15, 0.2) is 0 Å². The molecule has 23 heavy (non-hydrogen) atoms. The Balaban J connectivity index is 1.90. The van der Waals surface area contributed by atoms with E-state index < -0.39 is 5.41 Å². The van der Waals surface area contributed by atoms with E-state index in [-0.39, 0.29) is 23.5 Å². The van der Waals surface area contributed by atoms with Gasteiger partial charge < -0.3 is 15.4 Å². The van der Waals surface area contributed by atoms with Gasteiger partial charge in [-0.05, 0) is 37.0 Å². The zero-order valence-electron chi connectivity index (χ0n) is 13.0. The Morgan fingerprint density at radius 2 is 2.04 bits per heavy atom. The van der Waals surface area contributed by atoms with Gasteiger partial charge in [-0.15, -0.1) is 0 Å². The summed E-state index contributed by atoms with van der Waals surface area (Å²) in [5.74, 6) is -1.05. The van der Waals surface area contributed by atoms with Gasteiger partial charge in [0.05, 0.1) is 11.3 Å². The molecular formula is C17H21FN2O3. The van der Waals surface area contributed by atoms with Crippen molar-refractivity contribution >= 4 is 11.8 Å². The molecule has 2 aliphatic rings. The van der Waals surface area contributed by atoms with Crippen LogP contribution in [0.2, 0.25) is 0 Å². The number of carbonyl (C=O) groups excluding carboxylic acids is 2. The van der Waals surface area contributed by atoms with Gasteiger partial charge in [-0.1, -0.05) is 12.1 Å². The number of nitrogens with two attached hydrogens (primary N) is 1. The normalized spacial score (nSPS) is 23.7. The topological polar surface area (TPSA) is 72.6 Å². The maximum absolute atomic E-state index is 13.7. The second-order valence-corrected chi connectivity index (χ2v) is 6.34. The van der Waals surface area contributed by atoms with Crippen LogP contribution in [0.1, 0.15) is 24.8 Å². The molecule has 0 unspecified atom stereocenters. The van der Waals surface area contributed by atoms with Crippen LogP contribution < -0.4 is 5.73 Å². The molecule has 2 fully saturated rings. The molecule has 2 N–H and O–H groups in total. The molecule has 3 rings (SSSR count). The molecule has 2 heterocycles. The number of hydrogen-bond acceptors (Lipinski definition) is 3. The van der Waals surface area contributed by atoms with Gasteiger partial charge in [-0.3, -0.25) is 9.59 Å². The van der Waals surface area contributed by atoms with Crippen LogP contribution in [0, 0.1) is 11.7 Å². The Hall–Kier alpha value is -1.95. The van der Waals surface area contributed by atoms with E-state index in [1.54, 1.807) is 17.0 Å². The summed E-state index contributed by atoms with van der Waals surface area (Å²) in [6.07, 6.45) is 1.64. The Bertz CT molecular complexity index is 614. The predicted molar refractivity (Wildman–Crippen MR) is 82.0 cm³/mol. The van der Waals surface area contributed by atoms with Gasteiger partial charge in [0.25, 0.3) is 0 Å². The summed E-state index contributed by atoms with van der Waals surface area (Å²) in [5, 5.41) is 0. The van der Waals surface area contributed by atoms with E-state index in [0.717, 1.165) is 0 Å². The molecule has 1 aromatic carbocycles. The maximum Gasteiger partial charge on any atom is 0.233 e. The number of rotatable bonds is 3. The minimum Gasteiger partial charge on any atom is -0.381 e. The van der Waals surface area contributed by atoms with Crippen molar-refractivity contribution in [3.63, 3.8) is 0 Å². The number of nitrogens with zero attached hydrogens (tertiary/aromatic N) is 1. The van der Waals surface area contributed by atoms with Crippen molar-refractivity contribution < 1.29 is 18.7 Å². The number of benzene rings is 1. The van der Waals surface area contributed by atoms with Crippen LogP contribution in [-0.2, 0) is 19.7 Å². The first kappa shape index (κ1) is 15.9. The monoisotopic (exact) mass is 320 g/mol. The largest absolute Gasteiger partial charge is 0.381 e. The molecule has 6 heteroatoms. The van der Waals surface area contributed by atoms with Crippen LogP contribution in [0.15, 0.2) is 24.3 Å². The minimum absolute atomic E-state index is 0.0462. The van der Waals surface area contributed by atoms with Gasteiger partial charge in [0.1, 0.15) is 5.82 Å². The first-order valence-corrected chi connectivity index (χ1v) is 7.95. The molecule has 124 valence electrons. The van der Waals surface area contributed by atoms with E-state index >= 15 is 0 Å². The molecule has 2 aliphatic heterocycles. The second kappa shape index (κ2) is 6.28. The number of hydrogen-bond donors (Lipinski definition) is 1. The Kier molecular flexibility index (Phi) is 4.35. The van der Waals surface area contributed by atoms with E-state index in [2.05, 4.69) is 0 Å². The van der Waals surface area contributed by atoms with Crippen molar-refractivity contribution in [2.24, 2.45) is 11.7 Å². The van der Waals surface area contributed by atoms with Gasteiger partial charge in [-0.25, -0.2) is 4.39 Å². The first-order chi connectivity index (χ1) is 11.0. The fourth-order valence-corrected chi connectivity index (χ4v) is 3.61. The Labute approximate surface area is 134 Å². The van der Waals surface area contributed by atoms with E-state index in [9.17, 15) is 14.0 Å². The van der Waals surface area contributed by atoms with E-state index in [1.807, 2.05) is 0 Å². The molecule has 5 nitrogen and oxygen atoms in total. The zero-order valence-corrected chi connectivity index (χ0v) is 13.0. The third-order valence-electron chi connectivity index (χ3n) is 5.01. The zero-order chi connectivity index (χ0) is 16.4. The highest BCUT2D eigenvalue weighted by Gasteiger charge is 2.46. The highest BCUT2D eigenvalue weighted by molar-refractivity contribution is 5.89. The number of primary amides is 1. The molecule has 0 spiro atoms. The quantitative estimate of drug-likeness (QED) is 0.910. The predicted octanol–water partition coefficient (Wildman–Crippen LogP) is 1.21. The summed E-state index contributed by atoms with van der Waals surface area (Å²) in [5.41, 5.74) is 5.27. The highest BCUT2D eigenvalue weighted by Crippen LogP contribution is 2.38. The molecule has 0 radical (unpaired) electrons. The van der Waals surface area contributed by atoms with E-state index in [4.69, 9.17) is 10.5 Å². The van der Waals surface area contributed by atoms with Crippen LogP contribution in [0.3, 0.4) is 0 Å². The van der Waals surface area contributed by atoms with Crippen molar-refractivity contribution in [2.45, 2.75) is 24.7 Å². The lowest BCUT2D eigenvalue weighted by Crippen LogP contribution is -2.49. The third kappa shape index (κ3) is 2.95. The summed E-state index contributed by atoms with van der Waals surface area (Å²) < 4.78 is 19.1. The smallest absolute Gasteiger partial charge is 0.233 e. The fraction of sp³-hybridized carbons (Fsp3) is 0.529. The summed E-state index contributed by atoms with van der Waals surface area (Å²) in [6, 6.07) is 6.24. The van der Waals surface area contributed by atoms with Crippen LogP contribution >= 0.6 is 0 Å². The van der Waals surface area contributed by atoms with Crippen LogP contribution in [0.4, 0.5) is 4.39 Å². The first-order valence-electron chi connectivity index (χ1n) is 7.95. The number of ether oxygens (including phenoxy) is 1. The van der Waals surface area contributed by atoms with E-state index in [0.29, 0.717) is 51.1 Å². The molecular weight excluding hydrogens is 299 g/mol. The molecule has 1 aromatic rings. The van der Waals surface area contributed by atoms with Gasteiger partial charge >= 0.3 is 0 Å². The molecule has 2 amide bonds. The average Bonchev–Trinajstić information content (AvgIpc) is 3.05. The molecule has 0 saturated carbocycles. The summed E-state index contributed by atoms with van der Waals surface area (Å²) in [4.78, 5) is 26.3. The van der Waals surface area contributed by atoms with Crippen LogP contribution in [0.25, 0.3) is 0 Å². The standard InChI is InChI=1S/C17H21FN2O3/c18-14-3-1-2-13(10-14)17(5-8-23-9-6-17)16(22)20-7-4-12(11-20)15(19)21/h1-3,10,12H,4-9,11H2,(H2,19,21)/t12-/m1/s1. The van der Waals surface area contributed by atoms with Crippen LogP contribution in [0.5, 0.6) is 0 Å². The SMILES string of the molecule is NC(=O)[C@@H]1CCN(C(=O)C2(c3cccc(F)c3)CCOCC2)C1. The molecule has 0 aliphatic carbocycles. The second-order valence-electron chi connectivity index (χ2n) is 6.34. The molecule has 1 atom stereocenters. The molecule has 0 bridgehead atoms. The van der Waals surface area contributed by atoms with E-state index in [1.165, 1.54) is 12.1 Å². The van der Waals surface area contributed by atoms with Gasteiger partial charge in [0, 0.05) is 26.3 Å². The minimum atomic E-state index is -0.771. The van der Waals surface area contributed by atoms with Crippen molar-refractivity contribution in [1.29, 1.82) is 0 Å². The lowest BCUT2D eigenvalue weighted by molar-refractivity contribution is -0.140. The summed E-state index contributed by atoms with van der Waals surface area (Å²) in [6.45, 7) is 1.81. The average molecular weight is 320 g/mol. The Morgan fingerprint density at radius 1 is 1.30 bits per heavy atom. The number of amides is 2. The lowest BCUT2D eigenvalue weighted by atomic mass is 9.73. The summed E-state index contributed by atoms with van der Waals surface area (Å²) >= 11 is 0. The van der Waals surface area contributed by atoms with Gasteiger partial charge in [0.2, 0.25) is 11.8 Å². The third-order valence-corrected chi connectivity index (χ3v) is 5.01. The van der Waals surface area contributed by atoms with Gasteiger partial charge in [-0.2, -0.15) is 0 Å². The summed E-state index contributed by atoms with van der Waals surface area (Å²) in [7, 11) is 0. The fourth-order valence-electron chi connectivity index (χ4n) is 3.61. The van der Waals surface area contributed by atoms with Crippen molar-refractivity contribution in [3.05, 3.63) is 35.6 Å².